The number of rotatable bonds is 5. The Hall–Kier alpha value is -0.390. The van der Waals surface area contributed by atoms with Crippen LogP contribution in [0.15, 0.2) is 33.0 Å². The number of nitrogens with one attached hydrogen (secondary N) is 1. The van der Waals surface area contributed by atoms with Gasteiger partial charge in [0.05, 0.1) is 12.3 Å². The zero-order valence-corrected chi connectivity index (χ0v) is 13.4. The number of hydrogen-bond donors (Lipinski definition) is 1. The molecule has 0 saturated heterocycles. The molecule has 1 N–H and O–H groups in total. The summed E-state index contributed by atoms with van der Waals surface area (Å²) in [6.07, 6.45) is 6.02. The van der Waals surface area contributed by atoms with E-state index in [1.165, 1.54) is 0 Å². The summed E-state index contributed by atoms with van der Waals surface area (Å²) in [7, 11) is 0. The molecular weight excluding hydrogens is 360 g/mol. The fourth-order valence-electron chi connectivity index (χ4n) is 1.90. The number of nitrogens with zero attached hydrogens (tertiary/aromatic N) is 1. The zero-order valence-electron chi connectivity index (χ0n) is 10.2. The van der Waals surface area contributed by atoms with Crippen molar-refractivity contribution in [1.82, 2.24) is 10.3 Å². The third-order valence-corrected chi connectivity index (χ3v) is 3.79. The number of pyridine rings is 1. The Balaban J connectivity index is 2.26. The van der Waals surface area contributed by atoms with Gasteiger partial charge in [0.25, 0.3) is 0 Å². The third kappa shape index (κ3) is 3.33. The highest BCUT2D eigenvalue weighted by Crippen LogP contribution is 2.31. The second-order valence-electron chi connectivity index (χ2n) is 4.15. The van der Waals surface area contributed by atoms with Crippen LogP contribution in [-0.4, -0.2) is 18.1 Å². The second kappa shape index (κ2) is 6.68. The van der Waals surface area contributed by atoms with Crippen molar-refractivity contribution in [3.63, 3.8) is 0 Å². The van der Waals surface area contributed by atoms with E-state index in [0.717, 1.165) is 46.4 Å². The molecule has 2 heterocycles. The first-order valence-corrected chi connectivity index (χ1v) is 7.68. The molecule has 0 aromatic carbocycles. The van der Waals surface area contributed by atoms with Gasteiger partial charge in [-0.05, 0) is 57.0 Å². The van der Waals surface area contributed by atoms with E-state index in [0.29, 0.717) is 0 Å². The van der Waals surface area contributed by atoms with Gasteiger partial charge >= 0.3 is 0 Å². The van der Waals surface area contributed by atoms with Gasteiger partial charge in [0.15, 0.2) is 0 Å². The normalized spacial score (nSPS) is 16.3. The monoisotopic (exact) mass is 374 g/mol. The fraction of sp³-hybridized carbons (Fsp3) is 0.462. The van der Waals surface area contributed by atoms with Crippen molar-refractivity contribution in [3.05, 3.63) is 38.7 Å². The van der Waals surface area contributed by atoms with Crippen LogP contribution >= 0.6 is 31.9 Å². The predicted octanol–water partition coefficient (Wildman–Crippen LogP) is 3.95. The molecule has 0 bridgehead atoms. The van der Waals surface area contributed by atoms with Crippen LogP contribution in [0.25, 0.3) is 0 Å². The van der Waals surface area contributed by atoms with E-state index in [4.69, 9.17) is 4.74 Å². The maximum absolute atomic E-state index is 5.68. The predicted molar refractivity (Wildman–Crippen MR) is 79.3 cm³/mol. The van der Waals surface area contributed by atoms with Crippen LogP contribution in [0.5, 0.6) is 0 Å². The third-order valence-electron chi connectivity index (χ3n) is 2.72. The fourth-order valence-corrected chi connectivity index (χ4v) is 3.11. The first-order chi connectivity index (χ1) is 8.72. The van der Waals surface area contributed by atoms with Gasteiger partial charge in [-0.2, -0.15) is 0 Å². The molecule has 3 nitrogen and oxygen atoms in total. The highest BCUT2D eigenvalue weighted by atomic mass is 79.9. The Kier molecular flexibility index (Phi) is 5.21. The highest BCUT2D eigenvalue weighted by Gasteiger charge is 2.23. The average molecular weight is 376 g/mol. The molecule has 1 aliphatic heterocycles. The summed E-state index contributed by atoms with van der Waals surface area (Å²) in [5.41, 5.74) is 0.972. The Labute approximate surface area is 124 Å². The van der Waals surface area contributed by atoms with E-state index >= 15 is 0 Å². The van der Waals surface area contributed by atoms with Crippen molar-refractivity contribution >= 4 is 31.9 Å². The van der Waals surface area contributed by atoms with Gasteiger partial charge in [0, 0.05) is 21.6 Å². The first kappa shape index (κ1) is 14.0. The van der Waals surface area contributed by atoms with Crippen LogP contribution in [0.3, 0.4) is 0 Å². The minimum atomic E-state index is 0.0370. The lowest BCUT2D eigenvalue weighted by Crippen LogP contribution is -2.25. The molecule has 0 aliphatic carbocycles. The Morgan fingerprint density at radius 2 is 2.33 bits per heavy atom. The maximum Gasteiger partial charge on any atom is 0.115 e. The van der Waals surface area contributed by atoms with E-state index in [1.807, 2.05) is 12.3 Å². The van der Waals surface area contributed by atoms with Crippen molar-refractivity contribution in [3.8, 4) is 0 Å². The van der Waals surface area contributed by atoms with Crippen LogP contribution in [0.2, 0.25) is 0 Å². The molecule has 18 heavy (non-hydrogen) atoms. The molecule has 1 unspecified atom stereocenters. The van der Waals surface area contributed by atoms with Gasteiger partial charge in [0.2, 0.25) is 0 Å². The summed E-state index contributed by atoms with van der Waals surface area (Å²) in [5, 5.41) is 3.49. The molecule has 2 rings (SSSR count). The summed E-state index contributed by atoms with van der Waals surface area (Å²) in [6, 6.07) is 2.05. The van der Waals surface area contributed by atoms with E-state index in [2.05, 4.69) is 55.2 Å². The summed E-state index contributed by atoms with van der Waals surface area (Å²) in [4.78, 5) is 4.50. The Bertz CT molecular complexity index is 449. The van der Waals surface area contributed by atoms with Crippen molar-refractivity contribution in [2.24, 2.45) is 0 Å². The van der Waals surface area contributed by atoms with Gasteiger partial charge < -0.3 is 10.1 Å². The van der Waals surface area contributed by atoms with Crippen LogP contribution < -0.4 is 5.32 Å². The molecule has 98 valence electrons. The van der Waals surface area contributed by atoms with E-state index in [-0.39, 0.29) is 6.04 Å². The quantitative estimate of drug-likeness (QED) is 0.845. The van der Waals surface area contributed by atoms with Gasteiger partial charge in [-0.1, -0.05) is 6.92 Å². The zero-order chi connectivity index (χ0) is 13.0. The molecule has 1 atom stereocenters. The molecule has 0 radical (unpaired) electrons. The maximum atomic E-state index is 5.68. The highest BCUT2D eigenvalue weighted by molar-refractivity contribution is 9.11. The van der Waals surface area contributed by atoms with Crippen LogP contribution in [-0.2, 0) is 4.74 Å². The lowest BCUT2D eigenvalue weighted by atomic mass is 10.1. The Morgan fingerprint density at radius 1 is 1.50 bits per heavy atom. The minimum Gasteiger partial charge on any atom is -0.496 e. The molecular formula is C13H16Br2N2O. The van der Waals surface area contributed by atoms with E-state index in [9.17, 15) is 0 Å². The van der Waals surface area contributed by atoms with Gasteiger partial charge in [-0.15, -0.1) is 0 Å². The molecule has 0 fully saturated rings. The summed E-state index contributed by atoms with van der Waals surface area (Å²) in [6.45, 7) is 3.86. The van der Waals surface area contributed by atoms with E-state index < -0.39 is 0 Å². The number of halogens is 2. The lowest BCUT2D eigenvalue weighted by molar-refractivity contribution is 0.214. The summed E-state index contributed by atoms with van der Waals surface area (Å²) < 4.78 is 7.63. The standard InChI is InChI=1S/C13H16Br2N2O/c1-2-5-16-13(11-4-3-6-18-11)12-10(15)7-9(14)8-17-12/h4,7-8,13,16H,2-3,5-6H2,1H3. The number of aromatic nitrogens is 1. The molecule has 0 spiro atoms. The molecule has 1 aliphatic rings. The van der Waals surface area contributed by atoms with Gasteiger partial charge in [-0.25, -0.2) is 0 Å². The van der Waals surface area contributed by atoms with Crippen molar-refractivity contribution in [2.75, 3.05) is 13.2 Å². The molecule has 1 aromatic heterocycles. The van der Waals surface area contributed by atoms with Crippen LogP contribution in [0.1, 0.15) is 31.5 Å². The first-order valence-electron chi connectivity index (χ1n) is 6.09. The summed E-state index contributed by atoms with van der Waals surface area (Å²) >= 11 is 6.99. The van der Waals surface area contributed by atoms with Crippen LogP contribution in [0.4, 0.5) is 0 Å². The number of ether oxygens (including phenoxy) is 1. The largest absolute Gasteiger partial charge is 0.496 e. The van der Waals surface area contributed by atoms with Crippen molar-refractivity contribution < 1.29 is 4.74 Å². The number of hydrogen-bond acceptors (Lipinski definition) is 3. The molecule has 5 heteroatoms. The topological polar surface area (TPSA) is 34.1 Å². The second-order valence-corrected chi connectivity index (χ2v) is 5.92. The smallest absolute Gasteiger partial charge is 0.115 e. The van der Waals surface area contributed by atoms with Gasteiger partial charge in [-0.3, -0.25) is 4.98 Å². The van der Waals surface area contributed by atoms with E-state index in [1.54, 1.807) is 0 Å². The molecule has 1 aromatic rings. The summed E-state index contributed by atoms with van der Waals surface area (Å²) in [5.74, 6) is 0.985. The lowest BCUT2D eigenvalue weighted by Gasteiger charge is -2.20. The molecule has 0 amide bonds. The van der Waals surface area contributed by atoms with Crippen LogP contribution in [0, 0.1) is 0 Å². The SMILES string of the molecule is CCCNC(C1=CCCO1)c1ncc(Br)cc1Br. The molecule has 0 saturated carbocycles. The van der Waals surface area contributed by atoms with Crippen molar-refractivity contribution in [2.45, 2.75) is 25.8 Å². The Morgan fingerprint density at radius 3 is 2.94 bits per heavy atom. The average Bonchev–Trinajstić information content (AvgIpc) is 2.85. The van der Waals surface area contributed by atoms with Gasteiger partial charge in [0.1, 0.15) is 11.8 Å². The minimum absolute atomic E-state index is 0.0370. The van der Waals surface area contributed by atoms with Crippen molar-refractivity contribution in [1.29, 1.82) is 0 Å².